The van der Waals surface area contributed by atoms with Gasteiger partial charge in [-0.05, 0) is 17.4 Å². The maximum absolute atomic E-state index is 12.3. The van der Waals surface area contributed by atoms with Crippen LogP contribution in [0.4, 0.5) is 0 Å². The molecule has 1 nitrogen and oxygen atoms in total. The number of Topliss-reactive ketones (excluding diaryl/α,β-unsaturated/α-hetero) is 1. The van der Waals surface area contributed by atoms with E-state index in [0.29, 0.717) is 5.78 Å². The Hall–Kier alpha value is -1.02. The Bertz CT molecular complexity index is 574. The summed E-state index contributed by atoms with van der Waals surface area (Å²) in [6.07, 6.45) is 2.30. The number of carbonyl (C=O) groups excluding carboxylic acids is 1. The minimum absolute atomic E-state index is 0.0603. The summed E-state index contributed by atoms with van der Waals surface area (Å²) in [4.78, 5) is 13.7. The van der Waals surface area contributed by atoms with Gasteiger partial charge in [0.1, 0.15) is 0 Å². The first kappa shape index (κ1) is 9.06. The zero-order chi connectivity index (χ0) is 11.1. The maximum Gasteiger partial charge on any atom is 0.168 e. The van der Waals surface area contributed by atoms with Crippen molar-refractivity contribution in [2.24, 2.45) is 11.3 Å². The van der Waals surface area contributed by atoms with Crippen molar-refractivity contribution in [2.75, 3.05) is 0 Å². The monoisotopic (exact) mass is 228 g/mol. The molecule has 0 radical (unpaired) electrons. The molecule has 1 aliphatic heterocycles. The number of carbonyl (C=O) groups is 1. The van der Waals surface area contributed by atoms with Crippen LogP contribution in [0.2, 0.25) is 0 Å². The quantitative estimate of drug-likeness (QED) is 0.677. The molecule has 1 aromatic rings. The van der Waals surface area contributed by atoms with Crippen LogP contribution < -0.4 is 0 Å². The van der Waals surface area contributed by atoms with Gasteiger partial charge < -0.3 is 0 Å². The third kappa shape index (κ3) is 0.664. The van der Waals surface area contributed by atoms with E-state index in [9.17, 15) is 4.79 Å². The van der Waals surface area contributed by atoms with Crippen LogP contribution in [0.5, 0.6) is 0 Å². The summed E-state index contributed by atoms with van der Waals surface area (Å²) in [5, 5.41) is 0. The van der Waals surface area contributed by atoms with Gasteiger partial charge in [-0.2, -0.15) is 0 Å². The first-order valence-electron chi connectivity index (χ1n) is 5.63. The lowest BCUT2D eigenvalue weighted by Crippen LogP contribution is -2.10. The van der Waals surface area contributed by atoms with Crippen LogP contribution in [0, 0.1) is 11.3 Å². The Morgan fingerprint density at radius 3 is 2.88 bits per heavy atom. The summed E-state index contributed by atoms with van der Waals surface area (Å²) in [7, 11) is 0. The number of thioether (sulfide) groups is 1. The summed E-state index contributed by atoms with van der Waals surface area (Å²) < 4.78 is 0.0603. The zero-order valence-electron chi connectivity index (χ0n) is 9.28. The Labute approximate surface area is 98.9 Å². The van der Waals surface area contributed by atoms with Crippen LogP contribution in [0.15, 0.2) is 35.2 Å². The summed E-state index contributed by atoms with van der Waals surface area (Å²) in [6.45, 7) is 4.38. The molecule has 0 N–H and O–H groups in total. The van der Waals surface area contributed by atoms with Crippen LogP contribution >= 0.6 is 11.8 Å². The lowest BCUT2D eigenvalue weighted by atomic mass is 9.92. The van der Waals surface area contributed by atoms with E-state index in [0.717, 1.165) is 5.56 Å². The number of fused-ring (bicyclic) bond motifs is 2. The van der Waals surface area contributed by atoms with Gasteiger partial charge in [0.05, 0.1) is 10.7 Å². The van der Waals surface area contributed by atoms with Gasteiger partial charge in [-0.3, -0.25) is 4.79 Å². The van der Waals surface area contributed by atoms with Gasteiger partial charge in [0.2, 0.25) is 0 Å². The molecular weight excluding hydrogens is 216 g/mol. The van der Waals surface area contributed by atoms with Crippen molar-refractivity contribution in [3.05, 3.63) is 46.4 Å². The highest BCUT2D eigenvalue weighted by Crippen LogP contribution is 2.84. The zero-order valence-corrected chi connectivity index (χ0v) is 10.1. The van der Waals surface area contributed by atoms with Crippen LogP contribution in [-0.2, 0) is 4.75 Å². The minimum atomic E-state index is 0.0603. The van der Waals surface area contributed by atoms with Crippen molar-refractivity contribution >= 4 is 17.5 Å². The summed E-state index contributed by atoms with van der Waals surface area (Å²) in [6, 6.07) is 8.14. The highest BCUT2D eigenvalue weighted by atomic mass is 32.2. The van der Waals surface area contributed by atoms with Gasteiger partial charge >= 0.3 is 0 Å². The molecule has 0 amide bonds. The fourth-order valence-electron chi connectivity index (χ4n) is 3.81. The number of ketones is 1. The molecule has 0 bridgehead atoms. The SMILES string of the molecule is CC1=CC2(C)C3C(=O)c4ccccc4C32S1. The van der Waals surface area contributed by atoms with Crippen molar-refractivity contribution in [1.82, 2.24) is 0 Å². The highest BCUT2D eigenvalue weighted by molar-refractivity contribution is 8.04. The van der Waals surface area contributed by atoms with Crippen molar-refractivity contribution in [3.8, 4) is 0 Å². The first-order valence-corrected chi connectivity index (χ1v) is 6.45. The maximum atomic E-state index is 12.3. The van der Waals surface area contributed by atoms with Crippen LogP contribution in [0.3, 0.4) is 0 Å². The Morgan fingerprint density at radius 1 is 1.31 bits per heavy atom. The van der Waals surface area contributed by atoms with Crippen LogP contribution in [0.25, 0.3) is 0 Å². The molecule has 0 aromatic heterocycles. The number of allylic oxidation sites excluding steroid dienone is 2. The Balaban J connectivity index is 2.02. The molecule has 4 rings (SSSR count). The minimum Gasteiger partial charge on any atom is -0.294 e. The summed E-state index contributed by atoms with van der Waals surface area (Å²) >= 11 is 1.90. The van der Waals surface area contributed by atoms with E-state index >= 15 is 0 Å². The molecule has 1 aromatic carbocycles. The Kier molecular flexibility index (Phi) is 1.30. The van der Waals surface area contributed by atoms with Crippen LogP contribution in [0.1, 0.15) is 29.8 Å². The van der Waals surface area contributed by atoms with Gasteiger partial charge in [-0.15, -0.1) is 11.8 Å². The topological polar surface area (TPSA) is 17.1 Å². The van der Waals surface area contributed by atoms with Gasteiger partial charge in [0.25, 0.3) is 0 Å². The lowest BCUT2D eigenvalue weighted by Gasteiger charge is -2.15. The lowest BCUT2D eigenvalue weighted by molar-refractivity contribution is 0.0961. The number of hydrogen-bond donors (Lipinski definition) is 0. The van der Waals surface area contributed by atoms with E-state index in [1.807, 2.05) is 23.9 Å². The van der Waals surface area contributed by atoms with Crippen LogP contribution in [-0.4, -0.2) is 5.78 Å². The predicted molar refractivity (Wildman–Crippen MR) is 65.4 cm³/mol. The van der Waals surface area contributed by atoms with Gasteiger partial charge in [0.15, 0.2) is 5.78 Å². The molecule has 1 heterocycles. The predicted octanol–water partition coefficient (Wildman–Crippen LogP) is 3.36. The normalized spacial score (nSPS) is 42.5. The molecular formula is C14H12OS. The van der Waals surface area contributed by atoms with Gasteiger partial charge in [-0.25, -0.2) is 0 Å². The fraction of sp³-hybridized carbons (Fsp3) is 0.357. The van der Waals surface area contributed by atoms with Gasteiger partial charge in [-0.1, -0.05) is 37.3 Å². The van der Waals surface area contributed by atoms with Crippen molar-refractivity contribution < 1.29 is 4.79 Å². The average Bonchev–Trinajstić information content (AvgIpc) is 2.49. The third-order valence-corrected chi connectivity index (χ3v) is 6.06. The van der Waals surface area contributed by atoms with Gasteiger partial charge in [0, 0.05) is 11.0 Å². The standard InChI is InChI=1S/C14H12OS/c1-8-7-13(2)12-11(15)9-5-3-4-6-10(9)14(12,13)16-8/h3-7,12H,1-2H3. The smallest absolute Gasteiger partial charge is 0.168 e. The van der Waals surface area contributed by atoms with Crippen molar-refractivity contribution in [1.29, 1.82) is 0 Å². The van der Waals surface area contributed by atoms with E-state index in [4.69, 9.17) is 0 Å². The number of hydrogen-bond acceptors (Lipinski definition) is 2. The highest BCUT2D eigenvalue weighted by Gasteiger charge is 2.82. The molecule has 1 fully saturated rings. The fourth-order valence-corrected chi connectivity index (χ4v) is 5.71. The molecule has 2 heteroatoms. The third-order valence-electron chi connectivity index (χ3n) is 4.40. The molecule has 0 saturated heterocycles. The van der Waals surface area contributed by atoms with Crippen molar-refractivity contribution in [3.63, 3.8) is 0 Å². The number of benzene rings is 1. The van der Waals surface area contributed by atoms with E-state index in [1.54, 1.807) is 0 Å². The average molecular weight is 228 g/mol. The van der Waals surface area contributed by atoms with Crippen molar-refractivity contribution in [2.45, 2.75) is 18.6 Å². The van der Waals surface area contributed by atoms with E-state index in [2.05, 4.69) is 32.1 Å². The second-order valence-electron chi connectivity index (χ2n) is 5.22. The largest absolute Gasteiger partial charge is 0.294 e. The second-order valence-corrected chi connectivity index (χ2v) is 6.71. The molecule has 1 spiro atoms. The first-order chi connectivity index (χ1) is 7.61. The molecule has 3 aliphatic rings. The second kappa shape index (κ2) is 2.30. The number of rotatable bonds is 0. The molecule has 80 valence electrons. The van der Waals surface area contributed by atoms with E-state index < -0.39 is 0 Å². The van der Waals surface area contributed by atoms with E-state index in [1.165, 1.54) is 10.5 Å². The molecule has 1 saturated carbocycles. The molecule has 16 heavy (non-hydrogen) atoms. The molecule has 2 aliphatic carbocycles. The van der Waals surface area contributed by atoms with E-state index in [-0.39, 0.29) is 16.1 Å². The molecule has 3 atom stereocenters. The molecule has 3 unspecified atom stereocenters. The summed E-state index contributed by atoms with van der Waals surface area (Å²) in [5.74, 6) is 0.556. The Morgan fingerprint density at radius 2 is 2.06 bits per heavy atom. The summed E-state index contributed by atoms with van der Waals surface area (Å²) in [5.41, 5.74) is 2.32.